The van der Waals surface area contributed by atoms with E-state index in [2.05, 4.69) is 54.5 Å². The Morgan fingerprint density at radius 3 is 2.53 bits per heavy atom. The molecule has 90 valence electrons. The standard InChI is InChI=1S/C12H9Br2IOS/c1-6-8(5-11(14)17-6)12(16)9-4-7(15)2-3-10(9)13/h2-5,12,16H,1H3. The van der Waals surface area contributed by atoms with E-state index in [-0.39, 0.29) is 0 Å². The van der Waals surface area contributed by atoms with Crippen LogP contribution in [0, 0.1) is 10.5 Å². The third-order valence-electron chi connectivity index (χ3n) is 2.47. The molecule has 1 unspecified atom stereocenters. The Morgan fingerprint density at radius 1 is 1.24 bits per heavy atom. The van der Waals surface area contributed by atoms with Crippen molar-refractivity contribution >= 4 is 65.8 Å². The van der Waals surface area contributed by atoms with Crippen LogP contribution in [0.3, 0.4) is 0 Å². The van der Waals surface area contributed by atoms with Gasteiger partial charge in [-0.1, -0.05) is 15.9 Å². The molecule has 0 aliphatic rings. The van der Waals surface area contributed by atoms with Crippen LogP contribution in [0.15, 0.2) is 32.5 Å². The summed E-state index contributed by atoms with van der Waals surface area (Å²) in [5, 5.41) is 10.4. The minimum absolute atomic E-state index is 0.582. The van der Waals surface area contributed by atoms with Gasteiger partial charge in [0, 0.05) is 18.5 Å². The first-order chi connectivity index (χ1) is 7.99. The summed E-state index contributed by atoms with van der Waals surface area (Å²) in [6.45, 7) is 2.02. The second kappa shape index (κ2) is 5.69. The zero-order chi connectivity index (χ0) is 12.6. The molecule has 2 aromatic rings. The van der Waals surface area contributed by atoms with E-state index in [1.54, 1.807) is 11.3 Å². The van der Waals surface area contributed by atoms with E-state index in [1.165, 1.54) is 0 Å². The zero-order valence-electron chi connectivity index (χ0n) is 8.88. The Bertz CT molecular complexity index is 553. The van der Waals surface area contributed by atoms with Crippen LogP contribution in [0.2, 0.25) is 0 Å². The lowest BCUT2D eigenvalue weighted by atomic mass is 10.0. The zero-order valence-corrected chi connectivity index (χ0v) is 15.0. The maximum atomic E-state index is 10.4. The molecule has 5 heteroatoms. The quantitative estimate of drug-likeness (QED) is 0.572. The van der Waals surface area contributed by atoms with Crippen molar-refractivity contribution in [2.24, 2.45) is 0 Å². The van der Waals surface area contributed by atoms with Crippen molar-refractivity contribution in [2.75, 3.05) is 0 Å². The molecule has 0 aliphatic heterocycles. The molecular weight excluding hydrogens is 479 g/mol. The predicted molar refractivity (Wildman–Crippen MR) is 87.7 cm³/mol. The molecule has 1 atom stereocenters. The summed E-state index contributed by atoms with van der Waals surface area (Å²) in [6.07, 6.45) is -0.582. The molecule has 0 aliphatic carbocycles. The fourth-order valence-electron chi connectivity index (χ4n) is 1.62. The second-order valence-electron chi connectivity index (χ2n) is 3.63. The predicted octanol–water partition coefficient (Wildman–Crippen LogP) is 5.27. The normalized spacial score (nSPS) is 12.8. The molecule has 0 saturated heterocycles. The first-order valence-corrected chi connectivity index (χ1v) is 8.36. The lowest BCUT2D eigenvalue weighted by Crippen LogP contribution is -2.01. The average molecular weight is 488 g/mol. The van der Waals surface area contributed by atoms with Crippen molar-refractivity contribution in [3.8, 4) is 0 Å². The highest BCUT2D eigenvalue weighted by molar-refractivity contribution is 14.1. The Morgan fingerprint density at radius 2 is 1.94 bits per heavy atom. The molecule has 2 rings (SSSR count). The number of thiophene rings is 1. The van der Waals surface area contributed by atoms with Crippen molar-refractivity contribution in [3.05, 3.63) is 52.1 Å². The summed E-state index contributed by atoms with van der Waals surface area (Å²) < 4.78 is 3.10. The summed E-state index contributed by atoms with van der Waals surface area (Å²) >= 11 is 10.8. The van der Waals surface area contributed by atoms with Crippen LogP contribution >= 0.6 is 65.8 Å². The van der Waals surface area contributed by atoms with E-state index < -0.39 is 6.10 Å². The van der Waals surface area contributed by atoms with E-state index in [9.17, 15) is 5.11 Å². The molecule has 0 fully saturated rings. The van der Waals surface area contributed by atoms with Crippen molar-refractivity contribution < 1.29 is 5.11 Å². The maximum absolute atomic E-state index is 10.4. The van der Waals surface area contributed by atoms with Crippen LogP contribution < -0.4 is 0 Å². The van der Waals surface area contributed by atoms with Crippen LogP contribution in [0.4, 0.5) is 0 Å². The Hall–Kier alpha value is 0.570. The van der Waals surface area contributed by atoms with Crippen molar-refractivity contribution in [3.63, 3.8) is 0 Å². The molecule has 17 heavy (non-hydrogen) atoms. The summed E-state index contributed by atoms with van der Waals surface area (Å²) in [5.41, 5.74) is 1.87. The van der Waals surface area contributed by atoms with E-state index in [1.807, 2.05) is 31.2 Å². The number of benzene rings is 1. The number of halogens is 3. The lowest BCUT2D eigenvalue weighted by Gasteiger charge is -2.13. The van der Waals surface area contributed by atoms with Gasteiger partial charge in [0.25, 0.3) is 0 Å². The molecule has 1 N–H and O–H groups in total. The van der Waals surface area contributed by atoms with Gasteiger partial charge in [-0.2, -0.15) is 0 Å². The molecule has 0 spiro atoms. The van der Waals surface area contributed by atoms with Gasteiger partial charge in [-0.05, 0) is 75.3 Å². The average Bonchev–Trinajstić information content (AvgIpc) is 2.60. The van der Waals surface area contributed by atoms with E-state index in [0.717, 1.165) is 27.8 Å². The smallest absolute Gasteiger partial charge is 0.106 e. The molecule has 0 bridgehead atoms. The molecule has 0 radical (unpaired) electrons. The van der Waals surface area contributed by atoms with E-state index in [0.29, 0.717) is 0 Å². The fraction of sp³-hybridized carbons (Fsp3) is 0.167. The van der Waals surface area contributed by atoms with Gasteiger partial charge in [-0.25, -0.2) is 0 Å². The van der Waals surface area contributed by atoms with Gasteiger partial charge in [-0.3, -0.25) is 0 Å². The van der Waals surface area contributed by atoms with E-state index >= 15 is 0 Å². The number of aliphatic hydroxyl groups excluding tert-OH is 1. The molecule has 1 aromatic heterocycles. The van der Waals surface area contributed by atoms with Crippen molar-refractivity contribution in [1.82, 2.24) is 0 Å². The molecule has 1 aromatic carbocycles. The number of rotatable bonds is 2. The van der Waals surface area contributed by atoms with Crippen molar-refractivity contribution in [1.29, 1.82) is 0 Å². The maximum Gasteiger partial charge on any atom is 0.106 e. The minimum Gasteiger partial charge on any atom is -0.384 e. The van der Waals surface area contributed by atoms with Crippen molar-refractivity contribution in [2.45, 2.75) is 13.0 Å². The number of aryl methyl sites for hydroxylation is 1. The van der Waals surface area contributed by atoms with Crippen LogP contribution in [0.5, 0.6) is 0 Å². The van der Waals surface area contributed by atoms with Gasteiger partial charge in [-0.15, -0.1) is 11.3 Å². The monoisotopic (exact) mass is 486 g/mol. The summed E-state index contributed by atoms with van der Waals surface area (Å²) in [7, 11) is 0. The highest BCUT2D eigenvalue weighted by Gasteiger charge is 2.18. The van der Waals surface area contributed by atoms with Crippen LogP contribution in [0.25, 0.3) is 0 Å². The largest absolute Gasteiger partial charge is 0.384 e. The van der Waals surface area contributed by atoms with E-state index in [4.69, 9.17) is 0 Å². The topological polar surface area (TPSA) is 20.2 Å². The molecule has 1 heterocycles. The third-order valence-corrected chi connectivity index (χ3v) is 5.44. The Kier molecular flexibility index (Phi) is 4.68. The summed E-state index contributed by atoms with van der Waals surface area (Å²) in [6, 6.07) is 7.96. The number of aliphatic hydroxyl groups is 1. The minimum atomic E-state index is -0.582. The molecular formula is C12H9Br2IOS. The van der Waals surface area contributed by atoms with Gasteiger partial charge < -0.3 is 5.11 Å². The molecule has 1 nitrogen and oxygen atoms in total. The number of hydrogen-bond donors (Lipinski definition) is 1. The summed E-state index contributed by atoms with van der Waals surface area (Å²) in [4.78, 5) is 1.13. The number of hydrogen-bond acceptors (Lipinski definition) is 2. The van der Waals surface area contributed by atoms with Gasteiger partial charge in [0.15, 0.2) is 0 Å². The first-order valence-electron chi connectivity index (χ1n) is 4.88. The van der Waals surface area contributed by atoms with Gasteiger partial charge in [0.05, 0.1) is 3.79 Å². The fourth-order valence-corrected chi connectivity index (χ4v) is 4.34. The third kappa shape index (κ3) is 3.12. The van der Waals surface area contributed by atoms with Gasteiger partial charge in [0.2, 0.25) is 0 Å². The first kappa shape index (κ1) is 14.0. The van der Waals surface area contributed by atoms with Crippen LogP contribution in [0.1, 0.15) is 22.1 Å². The van der Waals surface area contributed by atoms with Crippen LogP contribution in [-0.4, -0.2) is 5.11 Å². The highest BCUT2D eigenvalue weighted by atomic mass is 127. The summed E-state index contributed by atoms with van der Waals surface area (Å²) in [5.74, 6) is 0. The second-order valence-corrected chi connectivity index (χ2v) is 8.37. The lowest BCUT2D eigenvalue weighted by molar-refractivity contribution is 0.219. The Balaban J connectivity index is 2.46. The Labute approximate surface area is 135 Å². The van der Waals surface area contributed by atoms with Crippen LogP contribution in [-0.2, 0) is 0 Å². The molecule has 0 saturated carbocycles. The molecule has 0 amide bonds. The highest BCUT2D eigenvalue weighted by Crippen LogP contribution is 2.36. The van der Waals surface area contributed by atoms with Gasteiger partial charge >= 0.3 is 0 Å². The SMILES string of the molecule is Cc1sc(Br)cc1C(O)c1cc(I)ccc1Br. The van der Waals surface area contributed by atoms with Gasteiger partial charge in [0.1, 0.15) is 6.10 Å².